The number of carboxylic acids is 1. The van der Waals surface area contributed by atoms with Crippen molar-refractivity contribution in [2.24, 2.45) is 0 Å². The molecule has 2 aromatic rings. The maximum atomic E-state index is 12.3. The highest BCUT2D eigenvalue weighted by atomic mass is 16.4. The first-order valence-corrected chi connectivity index (χ1v) is 7.80. The van der Waals surface area contributed by atoms with Crippen LogP contribution in [0.1, 0.15) is 30.1 Å². The zero-order valence-corrected chi connectivity index (χ0v) is 13.7. The van der Waals surface area contributed by atoms with Crippen molar-refractivity contribution in [2.75, 3.05) is 0 Å². The number of aliphatic carboxylic acids is 1. The number of carbonyl (C=O) groups excluding carboxylic acids is 1. The van der Waals surface area contributed by atoms with Crippen LogP contribution in [0.15, 0.2) is 40.4 Å². The second-order valence-corrected chi connectivity index (χ2v) is 5.47. The molecule has 0 bridgehead atoms. The highest BCUT2D eigenvalue weighted by Crippen LogP contribution is 2.10. The number of carbonyl (C=O) groups is 2. The van der Waals surface area contributed by atoms with E-state index in [0.717, 1.165) is 4.57 Å². The third-order valence-corrected chi connectivity index (χ3v) is 3.82. The number of allylic oxidation sites excluding steroid dienone is 1. The first-order chi connectivity index (χ1) is 11.9. The van der Waals surface area contributed by atoms with Gasteiger partial charge < -0.3 is 15.4 Å². The first-order valence-electron chi connectivity index (χ1n) is 7.80. The number of aromatic nitrogens is 2. The quantitative estimate of drug-likeness (QED) is 0.643. The topological polar surface area (TPSA) is 121 Å². The van der Waals surface area contributed by atoms with Crippen LogP contribution in [-0.2, 0) is 11.3 Å². The number of benzene rings is 1. The number of hydrogen-bond acceptors (Lipinski definition) is 4. The minimum absolute atomic E-state index is 0.154. The maximum absolute atomic E-state index is 12.3. The van der Waals surface area contributed by atoms with Crippen molar-refractivity contribution >= 4 is 22.8 Å². The number of aromatic amines is 1. The lowest BCUT2D eigenvalue weighted by Gasteiger charge is -2.14. The standard InChI is InChI=1S/C17H19N3O5/c1-3-5-6-12(16(23)24)18-14(21)10-7-8-11-13(9-10)19-17(25)20(4-2)15(11)22/h3,7-9,12H,1,4-6H2,2H3,(H,18,21)(H,19,25)(H,23,24). The van der Waals surface area contributed by atoms with Crippen LogP contribution in [0.4, 0.5) is 0 Å². The van der Waals surface area contributed by atoms with Crippen molar-refractivity contribution in [3.63, 3.8) is 0 Å². The van der Waals surface area contributed by atoms with E-state index in [-0.39, 0.29) is 29.4 Å². The Morgan fingerprint density at radius 2 is 2.12 bits per heavy atom. The van der Waals surface area contributed by atoms with Crippen LogP contribution in [0.3, 0.4) is 0 Å². The van der Waals surface area contributed by atoms with Crippen molar-refractivity contribution in [1.82, 2.24) is 14.9 Å². The number of fused-ring (bicyclic) bond motifs is 1. The summed E-state index contributed by atoms with van der Waals surface area (Å²) in [7, 11) is 0. The monoisotopic (exact) mass is 345 g/mol. The summed E-state index contributed by atoms with van der Waals surface area (Å²) in [6.45, 7) is 5.44. The van der Waals surface area contributed by atoms with Gasteiger partial charge in [-0.2, -0.15) is 0 Å². The Hall–Kier alpha value is -3.16. The number of nitrogens with zero attached hydrogens (tertiary/aromatic N) is 1. The third-order valence-electron chi connectivity index (χ3n) is 3.82. The number of amides is 1. The molecule has 1 amide bonds. The predicted molar refractivity (Wildman–Crippen MR) is 92.8 cm³/mol. The van der Waals surface area contributed by atoms with Crippen LogP contribution in [0.5, 0.6) is 0 Å². The lowest BCUT2D eigenvalue weighted by molar-refractivity contribution is -0.139. The first kappa shape index (κ1) is 18.2. The van der Waals surface area contributed by atoms with E-state index in [1.807, 2.05) is 0 Å². The van der Waals surface area contributed by atoms with Crippen LogP contribution >= 0.6 is 0 Å². The Bertz CT molecular complexity index is 941. The predicted octanol–water partition coefficient (Wildman–Crippen LogP) is 0.859. The van der Waals surface area contributed by atoms with E-state index < -0.39 is 29.2 Å². The van der Waals surface area contributed by atoms with Crippen LogP contribution in [-0.4, -0.2) is 32.6 Å². The van der Waals surface area contributed by atoms with Crippen LogP contribution in [0.2, 0.25) is 0 Å². The van der Waals surface area contributed by atoms with E-state index in [1.165, 1.54) is 18.2 Å². The van der Waals surface area contributed by atoms with Crippen molar-refractivity contribution in [1.29, 1.82) is 0 Å². The molecule has 1 unspecified atom stereocenters. The van der Waals surface area contributed by atoms with E-state index >= 15 is 0 Å². The van der Waals surface area contributed by atoms with Gasteiger partial charge in [-0.3, -0.25) is 14.2 Å². The fraction of sp³-hybridized carbons (Fsp3) is 0.294. The molecule has 0 aliphatic rings. The molecule has 0 aliphatic carbocycles. The Morgan fingerprint density at radius 1 is 1.40 bits per heavy atom. The minimum Gasteiger partial charge on any atom is -0.480 e. The molecule has 8 heteroatoms. The SMILES string of the molecule is C=CCCC(NC(=O)c1ccc2c(=O)n(CC)c(=O)[nH]c2c1)C(=O)O. The summed E-state index contributed by atoms with van der Waals surface area (Å²) in [5.74, 6) is -1.74. The highest BCUT2D eigenvalue weighted by Gasteiger charge is 2.20. The van der Waals surface area contributed by atoms with Crippen molar-refractivity contribution in [2.45, 2.75) is 32.4 Å². The average molecular weight is 345 g/mol. The molecule has 132 valence electrons. The zero-order valence-electron chi connectivity index (χ0n) is 13.7. The van der Waals surface area contributed by atoms with E-state index in [2.05, 4.69) is 16.9 Å². The molecule has 8 nitrogen and oxygen atoms in total. The molecule has 0 fully saturated rings. The second-order valence-electron chi connectivity index (χ2n) is 5.47. The third kappa shape index (κ3) is 3.85. The van der Waals surface area contributed by atoms with Gasteiger partial charge in [0.05, 0.1) is 10.9 Å². The molecule has 0 spiro atoms. The summed E-state index contributed by atoms with van der Waals surface area (Å²) < 4.78 is 1.05. The van der Waals surface area contributed by atoms with Gasteiger partial charge in [0, 0.05) is 12.1 Å². The molecule has 0 aliphatic heterocycles. The Labute approximate surface area is 142 Å². The summed E-state index contributed by atoms with van der Waals surface area (Å²) >= 11 is 0. The molecule has 1 heterocycles. The van der Waals surface area contributed by atoms with Crippen molar-refractivity contribution in [3.8, 4) is 0 Å². The highest BCUT2D eigenvalue weighted by molar-refractivity contribution is 5.99. The van der Waals surface area contributed by atoms with E-state index in [0.29, 0.717) is 6.42 Å². The number of carboxylic acid groups (broad SMARTS) is 1. The summed E-state index contributed by atoms with van der Waals surface area (Å²) in [5.41, 5.74) is -0.624. The van der Waals surface area contributed by atoms with Gasteiger partial charge in [-0.1, -0.05) is 6.08 Å². The molecular formula is C17H19N3O5. The smallest absolute Gasteiger partial charge is 0.328 e. The number of rotatable bonds is 7. The van der Waals surface area contributed by atoms with Crippen molar-refractivity contribution in [3.05, 3.63) is 57.3 Å². The average Bonchev–Trinajstić information content (AvgIpc) is 2.57. The molecule has 0 radical (unpaired) electrons. The van der Waals surface area contributed by atoms with Gasteiger partial charge >= 0.3 is 11.7 Å². The van der Waals surface area contributed by atoms with Gasteiger partial charge in [-0.15, -0.1) is 6.58 Å². The summed E-state index contributed by atoms with van der Waals surface area (Å²) in [4.78, 5) is 50.1. The molecule has 1 aromatic heterocycles. The minimum atomic E-state index is -1.14. The van der Waals surface area contributed by atoms with Gasteiger partial charge in [0.25, 0.3) is 11.5 Å². The Kier molecular flexibility index (Phi) is 5.53. The van der Waals surface area contributed by atoms with Crippen LogP contribution in [0, 0.1) is 0 Å². The maximum Gasteiger partial charge on any atom is 0.328 e. The lowest BCUT2D eigenvalue weighted by Crippen LogP contribution is -2.40. The summed E-state index contributed by atoms with van der Waals surface area (Å²) in [6.07, 6.45) is 2.23. The normalized spacial score (nSPS) is 11.9. The van der Waals surface area contributed by atoms with E-state index in [1.54, 1.807) is 13.0 Å². The van der Waals surface area contributed by atoms with E-state index in [9.17, 15) is 19.2 Å². The van der Waals surface area contributed by atoms with Crippen molar-refractivity contribution < 1.29 is 14.7 Å². The lowest BCUT2D eigenvalue weighted by atomic mass is 10.1. The van der Waals surface area contributed by atoms with Gasteiger partial charge in [0.1, 0.15) is 6.04 Å². The number of H-pyrrole nitrogens is 1. The largest absolute Gasteiger partial charge is 0.480 e. The van der Waals surface area contributed by atoms with Gasteiger partial charge in [-0.05, 0) is 38.0 Å². The van der Waals surface area contributed by atoms with E-state index in [4.69, 9.17) is 5.11 Å². The molecule has 0 saturated heterocycles. The summed E-state index contributed by atoms with van der Waals surface area (Å²) in [6, 6.07) is 3.17. The molecule has 1 atom stereocenters. The number of hydrogen-bond donors (Lipinski definition) is 3. The molecular weight excluding hydrogens is 326 g/mol. The zero-order chi connectivity index (χ0) is 18.6. The van der Waals surface area contributed by atoms with Gasteiger partial charge in [0.15, 0.2) is 0 Å². The molecule has 3 N–H and O–H groups in total. The fourth-order valence-corrected chi connectivity index (χ4v) is 2.47. The van der Waals surface area contributed by atoms with Crippen LogP contribution < -0.4 is 16.6 Å². The second kappa shape index (κ2) is 7.61. The number of nitrogens with one attached hydrogen (secondary N) is 2. The fourth-order valence-electron chi connectivity index (χ4n) is 2.47. The van der Waals surface area contributed by atoms with Crippen LogP contribution in [0.25, 0.3) is 10.9 Å². The Morgan fingerprint density at radius 3 is 2.72 bits per heavy atom. The summed E-state index contributed by atoms with van der Waals surface area (Å²) in [5, 5.41) is 11.9. The van der Waals surface area contributed by atoms with Gasteiger partial charge in [0.2, 0.25) is 0 Å². The molecule has 0 saturated carbocycles. The molecule has 1 aromatic carbocycles. The Balaban J connectivity index is 2.36. The molecule has 2 rings (SSSR count). The van der Waals surface area contributed by atoms with Gasteiger partial charge in [-0.25, -0.2) is 9.59 Å². The molecule has 25 heavy (non-hydrogen) atoms.